The molecule has 0 radical (unpaired) electrons. The smallest absolute Gasteiger partial charge is 0.326 e. The van der Waals surface area contributed by atoms with Crippen molar-refractivity contribution in [3.8, 4) is 0 Å². The highest BCUT2D eigenvalue weighted by atomic mass is 19.1. The van der Waals surface area contributed by atoms with E-state index in [1.54, 1.807) is 6.07 Å². The van der Waals surface area contributed by atoms with Crippen molar-refractivity contribution in [2.75, 3.05) is 0 Å². The number of carbonyl (C=O) groups is 2. The first kappa shape index (κ1) is 18.1. The van der Waals surface area contributed by atoms with Crippen molar-refractivity contribution in [2.45, 2.75) is 18.9 Å². The summed E-state index contributed by atoms with van der Waals surface area (Å²) in [6, 6.07) is 9.75. The summed E-state index contributed by atoms with van der Waals surface area (Å²) in [5.74, 6) is -2.34. The van der Waals surface area contributed by atoms with Crippen LogP contribution in [-0.2, 0) is 22.4 Å². The van der Waals surface area contributed by atoms with Gasteiger partial charge in [-0.1, -0.05) is 24.3 Å². The number of nitrogens with zero attached hydrogens (tertiary/aromatic N) is 1. The number of amides is 1. The minimum absolute atomic E-state index is 0.0756. The molecular formula is C17H15FN2O5. The molecule has 0 aliphatic carbocycles. The lowest BCUT2D eigenvalue weighted by Crippen LogP contribution is -2.43. The van der Waals surface area contributed by atoms with Gasteiger partial charge in [-0.3, -0.25) is 14.9 Å². The van der Waals surface area contributed by atoms with Gasteiger partial charge in [0.15, 0.2) is 0 Å². The number of carboxylic acids is 1. The van der Waals surface area contributed by atoms with Gasteiger partial charge in [0, 0.05) is 18.6 Å². The van der Waals surface area contributed by atoms with E-state index in [0.717, 1.165) is 0 Å². The zero-order valence-corrected chi connectivity index (χ0v) is 13.0. The third-order valence-corrected chi connectivity index (χ3v) is 3.45. The SMILES string of the molecule is O=C(Cc1cccc([N+](=O)[O-])c1)N[C@H](Cc1cccc(F)c1)C(=O)O. The van der Waals surface area contributed by atoms with E-state index in [1.165, 1.54) is 42.5 Å². The molecule has 8 heteroatoms. The summed E-state index contributed by atoms with van der Waals surface area (Å²) < 4.78 is 13.2. The van der Waals surface area contributed by atoms with Gasteiger partial charge in [0.25, 0.3) is 5.69 Å². The molecule has 130 valence electrons. The van der Waals surface area contributed by atoms with Crippen LogP contribution < -0.4 is 5.32 Å². The van der Waals surface area contributed by atoms with Gasteiger partial charge < -0.3 is 10.4 Å². The molecule has 0 aliphatic rings. The first-order valence-electron chi connectivity index (χ1n) is 7.35. The molecule has 25 heavy (non-hydrogen) atoms. The number of aliphatic carboxylic acids is 1. The van der Waals surface area contributed by atoms with Crippen LogP contribution in [0.4, 0.5) is 10.1 Å². The number of rotatable bonds is 7. The summed E-state index contributed by atoms with van der Waals surface area (Å²) in [5.41, 5.74) is 0.671. The number of hydrogen-bond acceptors (Lipinski definition) is 4. The van der Waals surface area contributed by atoms with E-state index in [-0.39, 0.29) is 18.5 Å². The van der Waals surface area contributed by atoms with Crippen LogP contribution in [0.2, 0.25) is 0 Å². The van der Waals surface area contributed by atoms with Crippen molar-refractivity contribution in [2.24, 2.45) is 0 Å². The average molecular weight is 346 g/mol. The number of carboxylic acid groups (broad SMARTS) is 1. The Kier molecular flexibility index (Phi) is 5.78. The van der Waals surface area contributed by atoms with Crippen LogP contribution in [0, 0.1) is 15.9 Å². The van der Waals surface area contributed by atoms with Crippen molar-refractivity contribution < 1.29 is 24.0 Å². The van der Waals surface area contributed by atoms with Crippen molar-refractivity contribution in [1.82, 2.24) is 5.32 Å². The third kappa shape index (κ3) is 5.38. The number of nitro benzene ring substituents is 1. The normalized spacial score (nSPS) is 11.6. The second kappa shape index (κ2) is 8.00. The van der Waals surface area contributed by atoms with Crippen LogP contribution in [0.15, 0.2) is 48.5 Å². The molecule has 2 rings (SSSR count). The van der Waals surface area contributed by atoms with E-state index >= 15 is 0 Å². The minimum atomic E-state index is -1.25. The molecule has 0 saturated heterocycles. The molecule has 0 spiro atoms. The largest absolute Gasteiger partial charge is 0.480 e. The van der Waals surface area contributed by atoms with Crippen molar-refractivity contribution >= 4 is 17.6 Å². The Bertz CT molecular complexity index is 809. The van der Waals surface area contributed by atoms with Crippen molar-refractivity contribution in [1.29, 1.82) is 0 Å². The maximum Gasteiger partial charge on any atom is 0.326 e. The maximum atomic E-state index is 13.2. The first-order valence-corrected chi connectivity index (χ1v) is 7.35. The van der Waals surface area contributed by atoms with E-state index < -0.39 is 28.7 Å². The summed E-state index contributed by atoms with van der Waals surface area (Å²) in [5, 5.41) is 22.3. The van der Waals surface area contributed by atoms with Crippen LogP contribution in [-0.4, -0.2) is 27.9 Å². The van der Waals surface area contributed by atoms with E-state index in [2.05, 4.69) is 5.32 Å². The average Bonchev–Trinajstić information content (AvgIpc) is 2.54. The van der Waals surface area contributed by atoms with E-state index in [0.29, 0.717) is 11.1 Å². The standard InChI is InChI=1S/C17H15FN2O5/c18-13-5-1-3-11(7-13)9-15(17(22)23)19-16(21)10-12-4-2-6-14(8-12)20(24)25/h1-8,15H,9-10H2,(H,19,21)(H,22,23)/t15-/m1/s1. The Morgan fingerprint density at radius 3 is 2.48 bits per heavy atom. The minimum Gasteiger partial charge on any atom is -0.480 e. The summed E-state index contributed by atoms with van der Waals surface area (Å²) >= 11 is 0. The Morgan fingerprint density at radius 2 is 1.84 bits per heavy atom. The van der Waals surface area contributed by atoms with E-state index in [9.17, 15) is 29.2 Å². The van der Waals surface area contributed by atoms with Gasteiger partial charge in [0.05, 0.1) is 11.3 Å². The Morgan fingerprint density at radius 1 is 1.16 bits per heavy atom. The van der Waals surface area contributed by atoms with Gasteiger partial charge in [-0.05, 0) is 23.3 Å². The van der Waals surface area contributed by atoms with Crippen LogP contribution in [0.25, 0.3) is 0 Å². The Hall–Kier alpha value is -3.29. The highest BCUT2D eigenvalue weighted by molar-refractivity contribution is 5.85. The van der Waals surface area contributed by atoms with Crippen LogP contribution >= 0.6 is 0 Å². The zero-order chi connectivity index (χ0) is 18.4. The van der Waals surface area contributed by atoms with Gasteiger partial charge in [0.2, 0.25) is 5.91 Å². The molecule has 0 heterocycles. The second-order valence-corrected chi connectivity index (χ2v) is 5.40. The molecule has 2 aromatic carbocycles. The van der Waals surface area contributed by atoms with Gasteiger partial charge in [-0.15, -0.1) is 0 Å². The summed E-state index contributed by atoms with van der Waals surface area (Å²) in [6.07, 6.45) is -0.275. The summed E-state index contributed by atoms with van der Waals surface area (Å²) in [6.45, 7) is 0. The van der Waals surface area contributed by atoms with Crippen molar-refractivity contribution in [3.63, 3.8) is 0 Å². The molecule has 0 fully saturated rings. The van der Waals surface area contributed by atoms with Crippen molar-refractivity contribution in [3.05, 3.63) is 75.6 Å². The fraction of sp³-hybridized carbons (Fsp3) is 0.176. The van der Waals surface area contributed by atoms with Crippen LogP contribution in [0.5, 0.6) is 0 Å². The first-order chi connectivity index (χ1) is 11.8. The molecular weight excluding hydrogens is 331 g/mol. The lowest BCUT2D eigenvalue weighted by molar-refractivity contribution is -0.384. The van der Waals surface area contributed by atoms with Crippen LogP contribution in [0.3, 0.4) is 0 Å². The van der Waals surface area contributed by atoms with Gasteiger partial charge >= 0.3 is 5.97 Å². The molecule has 2 N–H and O–H groups in total. The highest BCUT2D eigenvalue weighted by Crippen LogP contribution is 2.14. The molecule has 0 bridgehead atoms. The number of non-ortho nitro benzene ring substituents is 1. The molecule has 7 nitrogen and oxygen atoms in total. The second-order valence-electron chi connectivity index (χ2n) is 5.40. The molecule has 0 unspecified atom stereocenters. The lowest BCUT2D eigenvalue weighted by atomic mass is 10.0. The fourth-order valence-electron chi connectivity index (χ4n) is 2.31. The maximum absolute atomic E-state index is 13.2. The summed E-state index contributed by atoms with van der Waals surface area (Å²) in [7, 11) is 0. The number of carbonyl (C=O) groups excluding carboxylic acids is 1. The molecule has 1 amide bonds. The Labute approximate surface area is 142 Å². The number of hydrogen-bond donors (Lipinski definition) is 2. The predicted octanol–water partition coefficient (Wildman–Crippen LogP) is 2.09. The molecule has 1 atom stereocenters. The number of halogens is 1. The van der Waals surface area contributed by atoms with Gasteiger partial charge in [-0.2, -0.15) is 0 Å². The molecule has 2 aromatic rings. The Balaban J connectivity index is 2.04. The van der Waals surface area contributed by atoms with E-state index in [1.807, 2.05) is 0 Å². The quantitative estimate of drug-likeness (QED) is 0.589. The molecule has 0 saturated carbocycles. The van der Waals surface area contributed by atoms with Gasteiger partial charge in [-0.25, -0.2) is 9.18 Å². The number of nitro groups is 1. The van der Waals surface area contributed by atoms with Crippen LogP contribution in [0.1, 0.15) is 11.1 Å². The lowest BCUT2D eigenvalue weighted by Gasteiger charge is -2.14. The number of benzene rings is 2. The number of nitrogens with one attached hydrogen (secondary N) is 1. The summed E-state index contributed by atoms with van der Waals surface area (Å²) in [4.78, 5) is 33.5. The topological polar surface area (TPSA) is 110 Å². The molecule has 0 aromatic heterocycles. The molecule has 0 aliphatic heterocycles. The van der Waals surface area contributed by atoms with E-state index in [4.69, 9.17) is 0 Å². The zero-order valence-electron chi connectivity index (χ0n) is 13.0. The highest BCUT2D eigenvalue weighted by Gasteiger charge is 2.21. The van der Waals surface area contributed by atoms with Gasteiger partial charge in [0.1, 0.15) is 11.9 Å². The fourth-order valence-corrected chi connectivity index (χ4v) is 2.31. The predicted molar refractivity (Wildman–Crippen MR) is 86.5 cm³/mol. The third-order valence-electron chi connectivity index (χ3n) is 3.45. The monoisotopic (exact) mass is 346 g/mol.